The molecule has 1 aliphatic carbocycles. The van der Waals surface area contributed by atoms with Crippen LogP contribution in [0.3, 0.4) is 0 Å². The third-order valence-electron chi connectivity index (χ3n) is 5.07. The highest BCUT2D eigenvalue weighted by Crippen LogP contribution is 2.49. The zero-order valence-electron chi connectivity index (χ0n) is 16.2. The molecular weight excluding hydrogens is 310 g/mol. The summed E-state index contributed by atoms with van der Waals surface area (Å²) in [6.07, 6.45) is 5.95. The van der Waals surface area contributed by atoms with Crippen molar-refractivity contribution < 1.29 is 4.79 Å². The molecule has 25 heavy (non-hydrogen) atoms. The van der Waals surface area contributed by atoms with Crippen LogP contribution in [0.4, 0.5) is 0 Å². The number of nitrogens with two attached hydrogens (primary N) is 1. The van der Waals surface area contributed by atoms with Gasteiger partial charge in [-0.05, 0) is 46.4 Å². The molecule has 134 valence electrons. The van der Waals surface area contributed by atoms with E-state index in [2.05, 4.69) is 70.0 Å². The molecule has 0 saturated heterocycles. The zero-order chi connectivity index (χ0) is 18.6. The third kappa shape index (κ3) is 3.10. The van der Waals surface area contributed by atoms with E-state index in [1.165, 1.54) is 10.5 Å². The van der Waals surface area contributed by atoms with Crippen LogP contribution in [0.15, 0.2) is 29.3 Å². The summed E-state index contributed by atoms with van der Waals surface area (Å²) < 4.78 is 0. The van der Waals surface area contributed by atoms with E-state index in [0.717, 1.165) is 17.5 Å². The quantitative estimate of drug-likeness (QED) is 0.848. The van der Waals surface area contributed by atoms with Gasteiger partial charge in [-0.3, -0.25) is 9.69 Å². The monoisotopic (exact) mass is 339 g/mol. The van der Waals surface area contributed by atoms with Gasteiger partial charge in [0.05, 0.1) is 0 Å². The molecule has 3 rings (SSSR count). The van der Waals surface area contributed by atoms with Crippen molar-refractivity contribution in [2.45, 2.75) is 53.0 Å². The Bertz CT molecular complexity index is 783. The molecule has 1 spiro atoms. The molecule has 4 nitrogen and oxygen atoms in total. The highest BCUT2D eigenvalue weighted by atomic mass is 16.2. The Kier molecular flexibility index (Phi) is 3.86. The molecule has 1 amide bonds. The second kappa shape index (κ2) is 5.45. The van der Waals surface area contributed by atoms with Gasteiger partial charge in [0.15, 0.2) is 11.5 Å². The van der Waals surface area contributed by atoms with Crippen molar-refractivity contribution in [1.29, 1.82) is 0 Å². The fraction of sp³-hybridized carbons (Fsp3) is 0.524. The minimum Gasteiger partial charge on any atom is -0.369 e. The van der Waals surface area contributed by atoms with Crippen molar-refractivity contribution in [2.24, 2.45) is 21.6 Å². The van der Waals surface area contributed by atoms with E-state index in [0.29, 0.717) is 12.4 Å². The Morgan fingerprint density at radius 3 is 2.52 bits per heavy atom. The van der Waals surface area contributed by atoms with Crippen LogP contribution in [-0.2, 0) is 16.8 Å². The fourth-order valence-electron chi connectivity index (χ4n) is 3.94. The lowest BCUT2D eigenvalue weighted by atomic mass is 9.65. The first-order valence-electron chi connectivity index (χ1n) is 8.90. The van der Waals surface area contributed by atoms with Crippen molar-refractivity contribution in [1.82, 2.24) is 4.90 Å². The molecular formula is C21H29N3O. The van der Waals surface area contributed by atoms with Gasteiger partial charge in [-0.2, -0.15) is 0 Å². The Hall–Kier alpha value is -2.10. The van der Waals surface area contributed by atoms with E-state index in [1.54, 1.807) is 7.05 Å². The topological polar surface area (TPSA) is 58.7 Å². The highest BCUT2D eigenvalue weighted by Gasteiger charge is 2.54. The van der Waals surface area contributed by atoms with Gasteiger partial charge in [0.2, 0.25) is 0 Å². The summed E-state index contributed by atoms with van der Waals surface area (Å²) in [7, 11) is 1.71. The van der Waals surface area contributed by atoms with Crippen LogP contribution in [0.25, 0.3) is 6.08 Å². The van der Waals surface area contributed by atoms with Gasteiger partial charge in [-0.25, -0.2) is 4.99 Å². The number of amides is 1. The average molecular weight is 339 g/mol. The molecule has 0 radical (unpaired) electrons. The number of hydrogen-bond acceptors (Lipinski definition) is 3. The van der Waals surface area contributed by atoms with Gasteiger partial charge < -0.3 is 5.73 Å². The van der Waals surface area contributed by atoms with Gasteiger partial charge >= 0.3 is 0 Å². The van der Waals surface area contributed by atoms with Crippen molar-refractivity contribution in [3.05, 3.63) is 41.0 Å². The number of carbonyl (C=O) groups is 1. The van der Waals surface area contributed by atoms with Crippen molar-refractivity contribution in [3.8, 4) is 0 Å². The van der Waals surface area contributed by atoms with Crippen molar-refractivity contribution in [3.63, 3.8) is 0 Å². The number of likely N-dealkylation sites (N-methyl/N-ethyl adjacent to an activating group) is 1. The molecule has 1 heterocycles. The van der Waals surface area contributed by atoms with E-state index in [4.69, 9.17) is 5.73 Å². The van der Waals surface area contributed by atoms with Gasteiger partial charge in [-0.1, -0.05) is 58.9 Å². The Labute approximate surface area is 150 Å². The number of hydrogen-bond donors (Lipinski definition) is 1. The third-order valence-corrected chi connectivity index (χ3v) is 5.07. The SMILES string of the molecule is CN1C(=O)C2(CC(C)(C)Cc3ccc(C=CC(C)(C)C)cc32)N=C1N. The first-order chi connectivity index (χ1) is 11.4. The van der Waals surface area contributed by atoms with Gasteiger partial charge in [0, 0.05) is 7.05 Å². The maximum absolute atomic E-state index is 13.1. The minimum absolute atomic E-state index is 0.000383. The molecule has 1 aromatic rings. The molecule has 0 bridgehead atoms. The number of carbonyl (C=O) groups excluding carboxylic acids is 1. The summed E-state index contributed by atoms with van der Waals surface area (Å²) in [5.74, 6) is 0.292. The number of aliphatic imine (C=N–C) groups is 1. The van der Waals surface area contributed by atoms with E-state index < -0.39 is 5.54 Å². The predicted molar refractivity (Wildman–Crippen MR) is 103 cm³/mol. The summed E-state index contributed by atoms with van der Waals surface area (Å²) in [5, 5.41) is 0. The van der Waals surface area contributed by atoms with Crippen molar-refractivity contribution in [2.75, 3.05) is 7.05 Å². The first kappa shape index (κ1) is 17.7. The number of rotatable bonds is 1. The number of fused-ring (bicyclic) bond motifs is 2. The van der Waals surface area contributed by atoms with Crippen LogP contribution in [0, 0.1) is 10.8 Å². The molecule has 4 heteroatoms. The van der Waals surface area contributed by atoms with Crippen LogP contribution >= 0.6 is 0 Å². The average Bonchev–Trinajstić information content (AvgIpc) is 2.68. The second-order valence-electron chi connectivity index (χ2n) is 9.33. The smallest absolute Gasteiger partial charge is 0.261 e. The molecule has 1 aliphatic heterocycles. The number of benzene rings is 1. The molecule has 1 unspecified atom stereocenters. The standard InChI is InChI=1S/C21H29N3O/c1-19(2,3)10-9-14-7-8-15-12-20(4,5)13-21(16(15)11-14)17(25)24(6)18(22)23-21/h7-11H,12-13H2,1-6H3,(H2,22,23). The molecule has 2 aliphatic rings. The normalized spacial score (nSPS) is 25.6. The lowest BCUT2D eigenvalue weighted by molar-refractivity contribution is -0.132. The summed E-state index contributed by atoms with van der Waals surface area (Å²) in [5.41, 5.74) is 8.57. The van der Waals surface area contributed by atoms with E-state index in [1.807, 2.05) is 0 Å². The largest absolute Gasteiger partial charge is 0.369 e. The highest BCUT2D eigenvalue weighted by molar-refractivity contribution is 6.07. The van der Waals surface area contributed by atoms with Crippen molar-refractivity contribution >= 4 is 17.9 Å². The van der Waals surface area contributed by atoms with Gasteiger partial charge in [0.1, 0.15) is 0 Å². The van der Waals surface area contributed by atoms with Gasteiger partial charge in [-0.15, -0.1) is 0 Å². The first-order valence-corrected chi connectivity index (χ1v) is 8.90. The summed E-state index contributed by atoms with van der Waals surface area (Å²) in [4.78, 5) is 19.2. The van der Waals surface area contributed by atoms with Crippen LogP contribution in [-0.4, -0.2) is 23.8 Å². The minimum atomic E-state index is -0.874. The van der Waals surface area contributed by atoms with E-state index in [-0.39, 0.29) is 16.7 Å². The molecule has 1 aromatic carbocycles. The van der Waals surface area contributed by atoms with E-state index >= 15 is 0 Å². The van der Waals surface area contributed by atoms with E-state index in [9.17, 15) is 4.79 Å². The molecule has 2 N–H and O–H groups in total. The maximum atomic E-state index is 13.1. The number of guanidine groups is 1. The number of nitrogens with zero attached hydrogens (tertiary/aromatic N) is 2. The Balaban J connectivity index is 2.15. The molecule has 0 aromatic heterocycles. The molecule has 1 atom stereocenters. The molecule has 0 saturated carbocycles. The summed E-state index contributed by atoms with van der Waals surface area (Å²) in [6.45, 7) is 10.9. The van der Waals surface area contributed by atoms with Gasteiger partial charge in [0.25, 0.3) is 5.91 Å². The van der Waals surface area contributed by atoms with Crippen LogP contribution in [0.1, 0.15) is 57.7 Å². The molecule has 0 fully saturated rings. The van der Waals surface area contributed by atoms with Crippen LogP contribution in [0.2, 0.25) is 0 Å². The number of allylic oxidation sites excluding steroid dienone is 1. The zero-order valence-corrected chi connectivity index (χ0v) is 16.2. The summed E-state index contributed by atoms with van der Waals surface area (Å²) in [6, 6.07) is 6.41. The second-order valence-corrected chi connectivity index (χ2v) is 9.33. The van der Waals surface area contributed by atoms with Crippen LogP contribution < -0.4 is 5.73 Å². The Morgan fingerprint density at radius 1 is 1.28 bits per heavy atom. The summed E-state index contributed by atoms with van der Waals surface area (Å²) >= 11 is 0. The Morgan fingerprint density at radius 2 is 1.96 bits per heavy atom. The fourth-order valence-corrected chi connectivity index (χ4v) is 3.94. The lowest BCUT2D eigenvalue weighted by Crippen LogP contribution is -2.46. The lowest BCUT2D eigenvalue weighted by Gasteiger charge is -2.41. The van der Waals surface area contributed by atoms with Crippen LogP contribution in [0.5, 0.6) is 0 Å². The maximum Gasteiger partial charge on any atom is 0.261 e. The predicted octanol–water partition coefficient (Wildman–Crippen LogP) is 3.70.